The van der Waals surface area contributed by atoms with Gasteiger partial charge in [0.2, 0.25) is 0 Å². The average Bonchev–Trinajstić information content (AvgIpc) is 2.46. The summed E-state index contributed by atoms with van der Waals surface area (Å²) >= 11 is 3.22. The van der Waals surface area contributed by atoms with Gasteiger partial charge in [-0.1, -0.05) is 34.1 Å². The third-order valence-corrected chi connectivity index (χ3v) is 3.55. The lowest BCUT2D eigenvalue weighted by Crippen LogP contribution is -2.43. The number of hydrogen-bond acceptors (Lipinski definition) is 4. The van der Waals surface area contributed by atoms with E-state index in [1.54, 1.807) is 32.0 Å². The number of carbonyl (C=O) groups is 2. The first-order valence-electron chi connectivity index (χ1n) is 7.08. The van der Waals surface area contributed by atoms with E-state index >= 15 is 0 Å². The van der Waals surface area contributed by atoms with E-state index in [1.165, 1.54) is 19.1 Å². The summed E-state index contributed by atoms with van der Waals surface area (Å²) in [4.78, 5) is 23.4. The highest BCUT2D eigenvalue weighted by molar-refractivity contribution is 9.10. The lowest BCUT2D eigenvalue weighted by molar-refractivity contribution is -0.176. The van der Waals surface area contributed by atoms with Crippen LogP contribution in [0.5, 0.6) is 0 Å². The Morgan fingerprint density at radius 2 is 1.78 bits per heavy atom. The Morgan fingerprint density at radius 3 is 2.26 bits per heavy atom. The monoisotopic (exact) mass is 392 g/mol. The number of hydrogen-bond donors (Lipinski definition) is 0. The fourth-order valence-corrected chi connectivity index (χ4v) is 2.00. The normalized spacial score (nSPS) is 13.3. The van der Waals surface area contributed by atoms with Crippen molar-refractivity contribution < 1.29 is 27.8 Å². The van der Waals surface area contributed by atoms with Crippen molar-refractivity contribution in [3.63, 3.8) is 0 Å². The minimum absolute atomic E-state index is 0.152. The molecule has 0 aliphatic carbocycles. The number of halogens is 3. The van der Waals surface area contributed by atoms with Crippen LogP contribution in [0.25, 0.3) is 0 Å². The summed E-state index contributed by atoms with van der Waals surface area (Å²) in [5, 5.41) is 0. The molecule has 0 aliphatic heterocycles. The molecule has 1 atom stereocenters. The van der Waals surface area contributed by atoms with Crippen LogP contribution in [0, 0.1) is 0 Å². The second kappa shape index (κ2) is 7.86. The van der Waals surface area contributed by atoms with Crippen molar-refractivity contribution in [1.29, 1.82) is 0 Å². The standard InChI is InChI=1S/C16H19BrF2O4/c1-4-22-14(21)16(18,19)10-12(15(2,3)17)23-13(20)11-8-6-5-7-9-11/h5-9,12H,4,10H2,1-3H3. The van der Waals surface area contributed by atoms with Gasteiger partial charge < -0.3 is 9.47 Å². The summed E-state index contributed by atoms with van der Waals surface area (Å²) in [7, 11) is 0. The Balaban J connectivity index is 2.90. The molecule has 128 valence electrons. The van der Waals surface area contributed by atoms with E-state index in [-0.39, 0.29) is 12.2 Å². The van der Waals surface area contributed by atoms with Gasteiger partial charge in [-0.25, -0.2) is 9.59 Å². The Hall–Kier alpha value is -1.50. The lowest BCUT2D eigenvalue weighted by Gasteiger charge is -2.30. The van der Waals surface area contributed by atoms with Gasteiger partial charge in [-0.2, -0.15) is 8.78 Å². The number of rotatable bonds is 7. The molecular formula is C16H19BrF2O4. The van der Waals surface area contributed by atoms with Crippen LogP contribution in [-0.2, 0) is 14.3 Å². The van der Waals surface area contributed by atoms with Gasteiger partial charge in [-0.05, 0) is 32.9 Å². The molecule has 0 saturated carbocycles. The van der Waals surface area contributed by atoms with Gasteiger partial charge in [-0.15, -0.1) is 0 Å². The van der Waals surface area contributed by atoms with Crippen LogP contribution in [0.2, 0.25) is 0 Å². The van der Waals surface area contributed by atoms with Gasteiger partial charge in [0.05, 0.1) is 22.9 Å². The van der Waals surface area contributed by atoms with Crippen molar-refractivity contribution >= 4 is 27.9 Å². The number of ether oxygens (including phenoxy) is 2. The molecule has 1 rings (SSSR count). The third kappa shape index (κ3) is 5.89. The van der Waals surface area contributed by atoms with Crippen molar-refractivity contribution in [3.8, 4) is 0 Å². The van der Waals surface area contributed by atoms with E-state index in [1.807, 2.05) is 0 Å². The van der Waals surface area contributed by atoms with Gasteiger partial charge in [-0.3, -0.25) is 0 Å². The van der Waals surface area contributed by atoms with Crippen molar-refractivity contribution in [2.24, 2.45) is 0 Å². The predicted octanol–water partition coefficient (Wildman–Crippen LogP) is 3.97. The first kappa shape index (κ1) is 19.5. The summed E-state index contributed by atoms with van der Waals surface area (Å²) < 4.78 is 36.5. The van der Waals surface area contributed by atoms with E-state index < -0.39 is 34.7 Å². The molecule has 0 saturated heterocycles. The van der Waals surface area contributed by atoms with Crippen molar-refractivity contribution in [2.75, 3.05) is 6.61 Å². The smallest absolute Gasteiger partial charge is 0.377 e. The Kier molecular flexibility index (Phi) is 6.68. The summed E-state index contributed by atoms with van der Waals surface area (Å²) in [6.45, 7) is 4.45. The fraction of sp³-hybridized carbons (Fsp3) is 0.500. The molecule has 0 aliphatic rings. The number of benzene rings is 1. The van der Waals surface area contributed by atoms with Crippen LogP contribution in [-0.4, -0.2) is 34.9 Å². The van der Waals surface area contributed by atoms with E-state index in [4.69, 9.17) is 4.74 Å². The minimum Gasteiger partial charge on any atom is -0.462 e. The zero-order valence-electron chi connectivity index (χ0n) is 13.1. The van der Waals surface area contributed by atoms with Gasteiger partial charge in [0.1, 0.15) is 6.10 Å². The second-order valence-corrected chi connectivity index (χ2v) is 7.50. The quantitative estimate of drug-likeness (QED) is 0.520. The summed E-state index contributed by atoms with van der Waals surface area (Å²) in [5.74, 6) is -6.11. The lowest BCUT2D eigenvalue weighted by atomic mass is 9.99. The summed E-state index contributed by atoms with van der Waals surface area (Å²) in [6, 6.07) is 8.03. The van der Waals surface area contributed by atoms with Crippen molar-refractivity contribution in [1.82, 2.24) is 0 Å². The minimum atomic E-state index is -3.75. The fourth-order valence-electron chi connectivity index (χ4n) is 1.75. The van der Waals surface area contributed by atoms with Crippen LogP contribution in [0.4, 0.5) is 8.78 Å². The van der Waals surface area contributed by atoms with Gasteiger partial charge >= 0.3 is 17.9 Å². The third-order valence-electron chi connectivity index (χ3n) is 3.04. The molecule has 0 fully saturated rings. The highest BCUT2D eigenvalue weighted by atomic mass is 79.9. The maximum atomic E-state index is 14.0. The van der Waals surface area contributed by atoms with E-state index in [0.717, 1.165) is 0 Å². The first-order chi connectivity index (χ1) is 10.6. The summed E-state index contributed by atoms with van der Waals surface area (Å²) in [6.07, 6.45) is -2.20. The highest BCUT2D eigenvalue weighted by Gasteiger charge is 2.47. The zero-order valence-corrected chi connectivity index (χ0v) is 14.7. The van der Waals surface area contributed by atoms with E-state index in [9.17, 15) is 18.4 Å². The van der Waals surface area contributed by atoms with Gasteiger partial charge in [0.25, 0.3) is 0 Å². The molecule has 0 bridgehead atoms. The van der Waals surface area contributed by atoms with Crippen LogP contribution in [0.1, 0.15) is 37.6 Å². The molecule has 4 nitrogen and oxygen atoms in total. The van der Waals surface area contributed by atoms with Gasteiger partial charge in [0, 0.05) is 0 Å². The molecule has 7 heteroatoms. The molecule has 1 aromatic carbocycles. The number of esters is 2. The zero-order chi connectivity index (χ0) is 17.7. The molecule has 1 aromatic rings. The number of alkyl halides is 3. The van der Waals surface area contributed by atoms with Crippen LogP contribution in [0.15, 0.2) is 30.3 Å². The molecule has 0 spiro atoms. The highest BCUT2D eigenvalue weighted by Crippen LogP contribution is 2.33. The largest absolute Gasteiger partial charge is 0.462 e. The molecule has 0 N–H and O–H groups in total. The molecule has 0 amide bonds. The van der Waals surface area contributed by atoms with Crippen LogP contribution in [0.3, 0.4) is 0 Å². The summed E-state index contributed by atoms with van der Waals surface area (Å²) in [5.41, 5.74) is 0.244. The first-order valence-corrected chi connectivity index (χ1v) is 7.87. The number of carbonyl (C=O) groups excluding carboxylic acids is 2. The maximum Gasteiger partial charge on any atom is 0.377 e. The molecule has 1 unspecified atom stereocenters. The Morgan fingerprint density at radius 1 is 1.22 bits per heavy atom. The van der Waals surface area contributed by atoms with Crippen molar-refractivity contribution in [3.05, 3.63) is 35.9 Å². The molecule has 0 aromatic heterocycles. The topological polar surface area (TPSA) is 52.6 Å². The SMILES string of the molecule is CCOC(=O)C(F)(F)CC(OC(=O)c1ccccc1)C(C)(C)Br. The van der Waals surface area contributed by atoms with E-state index in [2.05, 4.69) is 20.7 Å². The van der Waals surface area contributed by atoms with Crippen molar-refractivity contribution in [2.45, 2.75) is 43.5 Å². The molecule has 23 heavy (non-hydrogen) atoms. The molecular weight excluding hydrogens is 374 g/mol. The Bertz CT molecular complexity index is 541. The second-order valence-electron chi connectivity index (χ2n) is 5.45. The van der Waals surface area contributed by atoms with Crippen LogP contribution >= 0.6 is 15.9 Å². The van der Waals surface area contributed by atoms with Gasteiger partial charge in [0.15, 0.2) is 0 Å². The van der Waals surface area contributed by atoms with Crippen LogP contribution < -0.4 is 0 Å². The molecule has 0 radical (unpaired) electrons. The maximum absolute atomic E-state index is 14.0. The predicted molar refractivity (Wildman–Crippen MR) is 84.8 cm³/mol. The average molecular weight is 393 g/mol. The molecule has 0 heterocycles. The Labute approximate surface area is 142 Å². The van der Waals surface area contributed by atoms with E-state index in [0.29, 0.717) is 0 Å².